The lowest BCUT2D eigenvalue weighted by Gasteiger charge is -2.27. The number of rotatable bonds is 8. The Morgan fingerprint density at radius 2 is 1.96 bits per heavy atom. The van der Waals surface area contributed by atoms with Gasteiger partial charge in [0, 0.05) is 0 Å². The van der Waals surface area contributed by atoms with Crippen LogP contribution in [0.2, 0.25) is 0 Å². The molecule has 0 N–H and O–H groups in total. The van der Waals surface area contributed by atoms with Crippen molar-refractivity contribution < 1.29 is 4.74 Å². The van der Waals surface area contributed by atoms with E-state index in [1.165, 1.54) is 36.8 Å². The van der Waals surface area contributed by atoms with Crippen LogP contribution in [0.3, 0.4) is 0 Å². The zero-order valence-electron chi connectivity index (χ0n) is 14.9. The van der Waals surface area contributed by atoms with E-state index in [0.29, 0.717) is 6.61 Å². The van der Waals surface area contributed by atoms with Crippen LogP contribution in [0.15, 0.2) is 43.0 Å². The Balaban J connectivity index is 2.04. The Labute approximate surface area is 142 Å². The molecule has 23 heavy (non-hydrogen) atoms. The Morgan fingerprint density at radius 3 is 2.61 bits per heavy atom. The molecule has 0 saturated heterocycles. The number of ether oxygens (including phenoxy) is 1. The Kier molecular flexibility index (Phi) is 7.45. The summed E-state index contributed by atoms with van der Waals surface area (Å²) in [6.07, 6.45) is 15.3. The first-order valence-electron chi connectivity index (χ1n) is 9.31. The van der Waals surface area contributed by atoms with E-state index in [9.17, 15) is 0 Å². The van der Waals surface area contributed by atoms with E-state index in [1.807, 2.05) is 6.08 Å². The van der Waals surface area contributed by atoms with Crippen molar-refractivity contribution in [3.63, 3.8) is 0 Å². The molecule has 1 fully saturated rings. The Bertz CT molecular complexity index is 507. The molecule has 0 radical (unpaired) electrons. The summed E-state index contributed by atoms with van der Waals surface area (Å²) in [5.74, 6) is 2.57. The van der Waals surface area contributed by atoms with Crippen molar-refractivity contribution in [2.24, 2.45) is 5.92 Å². The van der Waals surface area contributed by atoms with E-state index in [-0.39, 0.29) is 0 Å². The summed E-state index contributed by atoms with van der Waals surface area (Å²) in [6.45, 7) is 8.78. The van der Waals surface area contributed by atoms with E-state index in [0.717, 1.165) is 36.8 Å². The summed E-state index contributed by atoms with van der Waals surface area (Å²) in [6, 6.07) is 6.85. The molecule has 0 amide bonds. The predicted octanol–water partition coefficient (Wildman–Crippen LogP) is 6.44. The molecule has 1 aliphatic rings. The third kappa shape index (κ3) is 5.27. The smallest absolute Gasteiger partial charge is 0.122 e. The molecule has 0 atom stereocenters. The van der Waals surface area contributed by atoms with Crippen LogP contribution in [0.25, 0.3) is 0 Å². The van der Waals surface area contributed by atoms with Gasteiger partial charge in [-0.1, -0.05) is 57.2 Å². The van der Waals surface area contributed by atoms with Crippen molar-refractivity contribution >= 4 is 0 Å². The molecular weight excluding hydrogens is 280 g/mol. The zero-order chi connectivity index (χ0) is 16.5. The quantitative estimate of drug-likeness (QED) is 0.502. The third-order valence-electron chi connectivity index (χ3n) is 4.85. The molecule has 0 aliphatic heterocycles. The molecule has 0 bridgehead atoms. The molecule has 0 aromatic heterocycles. The van der Waals surface area contributed by atoms with Crippen LogP contribution in [-0.2, 0) is 6.42 Å². The minimum Gasteiger partial charge on any atom is -0.489 e. The van der Waals surface area contributed by atoms with E-state index in [1.54, 1.807) is 0 Å². The van der Waals surface area contributed by atoms with Gasteiger partial charge >= 0.3 is 0 Å². The number of hydrogen-bond acceptors (Lipinski definition) is 1. The fourth-order valence-electron chi connectivity index (χ4n) is 3.58. The zero-order valence-corrected chi connectivity index (χ0v) is 14.9. The summed E-state index contributed by atoms with van der Waals surface area (Å²) in [5, 5.41) is 0. The van der Waals surface area contributed by atoms with Crippen molar-refractivity contribution in [1.82, 2.24) is 0 Å². The topological polar surface area (TPSA) is 9.23 Å². The Hall–Kier alpha value is -1.50. The highest BCUT2D eigenvalue weighted by molar-refractivity contribution is 5.39. The minimum absolute atomic E-state index is 0.588. The lowest BCUT2D eigenvalue weighted by atomic mass is 9.78. The Morgan fingerprint density at radius 1 is 1.17 bits per heavy atom. The van der Waals surface area contributed by atoms with Gasteiger partial charge in [-0.25, -0.2) is 0 Å². The maximum absolute atomic E-state index is 5.82. The minimum atomic E-state index is 0.588. The average Bonchev–Trinajstić information content (AvgIpc) is 2.59. The van der Waals surface area contributed by atoms with Gasteiger partial charge in [0.25, 0.3) is 0 Å². The molecule has 0 heterocycles. The van der Waals surface area contributed by atoms with Gasteiger partial charge in [0.15, 0.2) is 0 Å². The largest absolute Gasteiger partial charge is 0.489 e. The van der Waals surface area contributed by atoms with Crippen molar-refractivity contribution in [3.05, 3.63) is 54.1 Å². The van der Waals surface area contributed by atoms with Crippen LogP contribution in [0.5, 0.6) is 5.75 Å². The van der Waals surface area contributed by atoms with Crippen LogP contribution < -0.4 is 4.74 Å². The van der Waals surface area contributed by atoms with Crippen molar-refractivity contribution in [2.45, 2.75) is 64.7 Å². The summed E-state index contributed by atoms with van der Waals surface area (Å²) in [5.41, 5.74) is 2.87. The van der Waals surface area contributed by atoms with Crippen molar-refractivity contribution in [2.75, 3.05) is 6.61 Å². The number of aryl methyl sites for hydroxylation is 1. The van der Waals surface area contributed by atoms with Gasteiger partial charge in [0.1, 0.15) is 12.4 Å². The van der Waals surface area contributed by atoms with Crippen LogP contribution in [0.1, 0.15) is 69.4 Å². The summed E-state index contributed by atoms with van der Waals surface area (Å²) >= 11 is 0. The maximum Gasteiger partial charge on any atom is 0.122 e. The molecule has 1 aliphatic carbocycles. The van der Waals surface area contributed by atoms with Gasteiger partial charge < -0.3 is 4.74 Å². The number of allylic oxidation sites excluding steroid dienone is 2. The van der Waals surface area contributed by atoms with Gasteiger partial charge in [-0.3, -0.25) is 0 Å². The summed E-state index contributed by atoms with van der Waals surface area (Å²) < 4.78 is 5.82. The summed E-state index contributed by atoms with van der Waals surface area (Å²) in [4.78, 5) is 0. The van der Waals surface area contributed by atoms with Crippen molar-refractivity contribution in [1.29, 1.82) is 0 Å². The highest BCUT2D eigenvalue weighted by Gasteiger charge is 2.21. The number of benzene rings is 1. The molecule has 1 aromatic rings. The normalized spacial score (nSPS) is 21.5. The summed E-state index contributed by atoms with van der Waals surface area (Å²) in [7, 11) is 0. The second-order valence-electron chi connectivity index (χ2n) is 6.66. The lowest BCUT2D eigenvalue weighted by Crippen LogP contribution is -2.12. The first-order chi connectivity index (χ1) is 11.3. The first-order valence-corrected chi connectivity index (χ1v) is 9.31. The van der Waals surface area contributed by atoms with Gasteiger partial charge in [-0.2, -0.15) is 0 Å². The standard InChI is InChI=1S/C22H32O/c1-4-7-9-18-10-12-19(13-11-18)20-14-15-22(23-16-6-3)21(17-20)8-5-2/h6-7,9,14-15,17-19H,3-5,8,10-13,16H2,1-2H3. The van der Waals surface area contributed by atoms with E-state index >= 15 is 0 Å². The SMILES string of the molecule is C=CCOc1ccc(C2CCC(C=CCC)CC2)cc1CCC. The van der Waals surface area contributed by atoms with E-state index in [2.05, 4.69) is 50.8 Å². The molecule has 126 valence electrons. The van der Waals surface area contributed by atoms with Gasteiger partial charge in [0.2, 0.25) is 0 Å². The van der Waals surface area contributed by atoms with Crippen LogP contribution >= 0.6 is 0 Å². The van der Waals surface area contributed by atoms with Gasteiger partial charge in [-0.15, -0.1) is 0 Å². The van der Waals surface area contributed by atoms with Crippen LogP contribution in [0, 0.1) is 5.92 Å². The van der Waals surface area contributed by atoms with Gasteiger partial charge in [-0.05, 0) is 67.6 Å². The molecule has 2 rings (SSSR count). The fourth-order valence-corrected chi connectivity index (χ4v) is 3.58. The van der Waals surface area contributed by atoms with Crippen LogP contribution in [0.4, 0.5) is 0 Å². The second kappa shape index (κ2) is 9.60. The van der Waals surface area contributed by atoms with E-state index in [4.69, 9.17) is 4.74 Å². The highest BCUT2D eigenvalue weighted by Crippen LogP contribution is 2.38. The first kappa shape index (κ1) is 17.8. The van der Waals surface area contributed by atoms with Gasteiger partial charge in [0.05, 0.1) is 0 Å². The molecule has 0 spiro atoms. The number of hydrogen-bond donors (Lipinski definition) is 0. The third-order valence-corrected chi connectivity index (χ3v) is 4.85. The monoisotopic (exact) mass is 312 g/mol. The highest BCUT2D eigenvalue weighted by atomic mass is 16.5. The van der Waals surface area contributed by atoms with Crippen molar-refractivity contribution in [3.8, 4) is 5.75 Å². The molecule has 1 nitrogen and oxygen atoms in total. The van der Waals surface area contributed by atoms with E-state index < -0.39 is 0 Å². The molecule has 1 saturated carbocycles. The maximum atomic E-state index is 5.82. The molecule has 1 heteroatoms. The fraction of sp³-hybridized carbons (Fsp3) is 0.545. The molecule has 0 unspecified atom stereocenters. The molecular formula is C22H32O. The lowest BCUT2D eigenvalue weighted by molar-refractivity contribution is 0.356. The average molecular weight is 312 g/mol. The molecule has 1 aromatic carbocycles. The van der Waals surface area contributed by atoms with Crippen LogP contribution in [-0.4, -0.2) is 6.61 Å². The predicted molar refractivity (Wildman–Crippen MR) is 100 cm³/mol. The second-order valence-corrected chi connectivity index (χ2v) is 6.66.